The summed E-state index contributed by atoms with van der Waals surface area (Å²) in [7, 11) is 0. The number of ether oxygens (including phenoxy) is 1. The monoisotopic (exact) mass is 285 g/mol. The lowest BCUT2D eigenvalue weighted by atomic mass is 9.99. The highest BCUT2D eigenvalue weighted by Crippen LogP contribution is 2.29. The molecule has 0 aliphatic carbocycles. The van der Waals surface area contributed by atoms with Gasteiger partial charge in [-0.2, -0.15) is 0 Å². The molecule has 0 spiro atoms. The van der Waals surface area contributed by atoms with Crippen molar-refractivity contribution in [2.75, 3.05) is 6.61 Å². The van der Waals surface area contributed by atoms with Gasteiger partial charge in [0.25, 0.3) is 0 Å². The van der Waals surface area contributed by atoms with E-state index in [0.717, 1.165) is 16.7 Å². The Balaban J connectivity index is 2.19. The molecule has 2 aromatic rings. The number of carbonyl (C=O) groups excluding carboxylic acids is 1. The van der Waals surface area contributed by atoms with Crippen LogP contribution in [-0.2, 0) is 16.0 Å². The molecule has 2 aromatic carbocycles. The number of para-hydroxylation sites is 1. The van der Waals surface area contributed by atoms with Crippen molar-refractivity contribution in [3.05, 3.63) is 54.1 Å². The molecule has 0 aromatic heterocycles. The van der Waals surface area contributed by atoms with Crippen LogP contribution in [0, 0.1) is 0 Å². The van der Waals surface area contributed by atoms with Crippen LogP contribution in [0.2, 0.25) is 0 Å². The van der Waals surface area contributed by atoms with E-state index in [0.29, 0.717) is 13.0 Å². The Hall–Kier alpha value is -2.33. The van der Waals surface area contributed by atoms with Gasteiger partial charge in [0, 0.05) is 5.56 Å². The molecular weight excluding hydrogens is 266 g/mol. The zero-order chi connectivity index (χ0) is 15.2. The molecule has 4 nitrogen and oxygen atoms in total. The Bertz CT molecular complexity index is 625. The van der Waals surface area contributed by atoms with Gasteiger partial charge in [-0.05, 0) is 30.5 Å². The molecule has 0 bridgehead atoms. The first-order valence-electron chi connectivity index (χ1n) is 6.91. The number of hydrogen-bond donors (Lipinski definition) is 2. The third kappa shape index (κ3) is 3.83. The lowest BCUT2D eigenvalue weighted by molar-refractivity contribution is -0.144. The Morgan fingerprint density at radius 2 is 2.00 bits per heavy atom. The van der Waals surface area contributed by atoms with Gasteiger partial charge < -0.3 is 15.6 Å². The van der Waals surface area contributed by atoms with Crippen molar-refractivity contribution in [3.8, 4) is 16.9 Å². The second-order valence-electron chi connectivity index (χ2n) is 4.78. The predicted molar refractivity (Wildman–Crippen MR) is 81.9 cm³/mol. The summed E-state index contributed by atoms with van der Waals surface area (Å²) in [6, 6.07) is 14.1. The van der Waals surface area contributed by atoms with Crippen molar-refractivity contribution in [3.63, 3.8) is 0 Å². The average Bonchev–Trinajstić information content (AvgIpc) is 2.48. The number of nitrogens with two attached hydrogens (primary N) is 1. The number of phenolic OH excluding ortho intramolecular Hbond substituents is 1. The summed E-state index contributed by atoms with van der Waals surface area (Å²) in [6.45, 7) is 2.08. The number of esters is 1. The van der Waals surface area contributed by atoms with Crippen molar-refractivity contribution in [2.24, 2.45) is 5.73 Å². The molecule has 0 amide bonds. The van der Waals surface area contributed by atoms with Gasteiger partial charge >= 0.3 is 5.97 Å². The van der Waals surface area contributed by atoms with Crippen LogP contribution in [0.3, 0.4) is 0 Å². The normalized spacial score (nSPS) is 11.9. The maximum Gasteiger partial charge on any atom is 0.323 e. The van der Waals surface area contributed by atoms with Crippen LogP contribution in [0.5, 0.6) is 5.75 Å². The molecule has 0 radical (unpaired) electrons. The second kappa shape index (κ2) is 6.90. The first kappa shape index (κ1) is 15.1. The molecule has 0 unspecified atom stereocenters. The maximum absolute atomic E-state index is 11.6. The van der Waals surface area contributed by atoms with E-state index in [4.69, 9.17) is 10.5 Å². The van der Waals surface area contributed by atoms with Crippen LogP contribution >= 0.6 is 0 Å². The Labute approximate surface area is 124 Å². The van der Waals surface area contributed by atoms with Gasteiger partial charge in [-0.3, -0.25) is 4.79 Å². The van der Waals surface area contributed by atoms with Gasteiger partial charge in [-0.15, -0.1) is 0 Å². The fourth-order valence-electron chi connectivity index (χ4n) is 2.17. The molecule has 1 atom stereocenters. The minimum atomic E-state index is -0.676. The van der Waals surface area contributed by atoms with Gasteiger partial charge in [0.1, 0.15) is 11.8 Å². The summed E-state index contributed by atoms with van der Waals surface area (Å²) in [4.78, 5) is 11.6. The summed E-state index contributed by atoms with van der Waals surface area (Å²) in [6.07, 6.45) is 0.403. The fourth-order valence-corrected chi connectivity index (χ4v) is 2.17. The zero-order valence-corrected chi connectivity index (χ0v) is 12.0. The highest BCUT2D eigenvalue weighted by molar-refractivity contribution is 5.76. The summed E-state index contributed by atoms with van der Waals surface area (Å²) in [5, 5.41) is 9.90. The molecule has 0 fully saturated rings. The van der Waals surface area contributed by atoms with E-state index >= 15 is 0 Å². The van der Waals surface area contributed by atoms with E-state index in [1.807, 2.05) is 36.4 Å². The van der Waals surface area contributed by atoms with Crippen LogP contribution in [0.25, 0.3) is 11.1 Å². The largest absolute Gasteiger partial charge is 0.507 e. The zero-order valence-electron chi connectivity index (χ0n) is 12.0. The van der Waals surface area contributed by atoms with Crippen LogP contribution in [0.4, 0.5) is 0 Å². The Morgan fingerprint density at radius 3 is 2.71 bits per heavy atom. The van der Waals surface area contributed by atoms with Gasteiger partial charge in [0.15, 0.2) is 0 Å². The quantitative estimate of drug-likeness (QED) is 0.828. The molecule has 4 heteroatoms. The summed E-state index contributed by atoms with van der Waals surface area (Å²) in [5.41, 5.74) is 8.40. The topological polar surface area (TPSA) is 72.5 Å². The molecule has 0 heterocycles. The Morgan fingerprint density at radius 1 is 1.24 bits per heavy atom. The summed E-state index contributed by atoms with van der Waals surface area (Å²) < 4.78 is 4.91. The molecule has 0 saturated carbocycles. The van der Waals surface area contributed by atoms with Crippen LogP contribution in [0.1, 0.15) is 12.5 Å². The van der Waals surface area contributed by atoms with Crippen LogP contribution in [-0.4, -0.2) is 23.7 Å². The van der Waals surface area contributed by atoms with Gasteiger partial charge in [-0.25, -0.2) is 0 Å². The molecule has 0 saturated heterocycles. The Kier molecular flexibility index (Phi) is 4.95. The summed E-state index contributed by atoms with van der Waals surface area (Å²) in [5.74, 6) is -0.171. The van der Waals surface area contributed by atoms with Crippen molar-refractivity contribution >= 4 is 5.97 Å². The van der Waals surface area contributed by atoms with Gasteiger partial charge in [-0.1, -0.05) is 42.5 Å². The predicted octanol–water partition coefficient (Wildman–Crippen LogP) is 2.49. The number of hydrogen-bond acceptors (Lipinski definition) is 4. The molecule has 110 valence electrons. The number of rotatable bonds is 5. The van der Waals surface area contributed by atoms with E-state index in [9.17, 15) is 9.90 Å². The van der Waals surface area contributed by atoms with E-state index in [1.54, 1.807) is 19.1 Å². The highest BCUT2D eigenvalue weighted by Gasteiger charge is 2.15. The molecule has 0 aliphatic rings. The van der Waals surface area contributed by atoms with Gasteiger partial charge in [0.2, 0.25) is 0 Å². The maximum atomic E-state index is 11.6. The van der Waals surface area contributed by atoms with Crippen molar-refractivity contribution in [1.29, 1.82) is 0 Å². The van der Waals surface area contributed by atoms with Crippen LogP contribution < -0.4 is 5.73 Å². The first-order valence-corrected chi connectivity index (χ1v) is 6.91. The standard InChI is InChI=1S/C17H19NO3/c1-2-21-17(20)15(18)11-12-6-5-7-13(10-12)14-8-3-4-9-16(14)19/h3-10,15,19H,2,11,18H2,1H3/t15-/m0/s1. The lowest BCUT2D eigenvalue weighted by Crippen LogP contribution is -2.34. The smallest absolute Gasteiger partial charge is 0.323 e. The first-order chi connectivity index (χ1) is 10.1. The highest BCUT2D eigenvalue weighted by atomic mass is 16.5. The van der Waals surface area contributed by atoms with Crippen molar-refractivity contribution < 1.29 is 14.6 Å². The number of phenols is 1. The van der Waals surface area contributed by atoms with Crippen LogP contribution in [0.15, 0.2) is 48.5 Å². The third-order valence-corrected chi connectivity index (χ3v) is 3.19. The van der Waals surface area contributed by atoms with E-state index in [1.165, 1.54) is 0 Å². The number of carbonyl (C=O) groups is 1. The molecule has 21 heavy (non-hydrogen) atoms. The minimum Gasteiger partial charge on any atom is -0.507 e. The second-order valence-corrected chi connectivity index (χ2v) is 4.78. The van der Waals surface area contributed by atoms with Crippen molar-refractivity contribution in [1.82, 2.24) is 0 Å². The molecule has 0 aliphatic heterocycles. The third-order valence-electron chi connectivity index (χ3n) is 3.19. The molecule has 3 N–H and O–H groups in total. The molecular formula is C17H19NO3. The fraction of sp³-hybridized carbons (Fsp3) is 0.235. The summed E-state index contributed by atoms with van der Waals surface area (Å²) >= 11 is 0. The van der Waals surface area contributed by atoms with E-state index in [2.05, 4.69) is 0 Å². The number of aromatic hydroxyl groups is 1. The molecule has 2 rings (SSSR count). The average molecular weight is 285 g/mol. The van der Waals surface area contributed by atoms with E-state index < -0.39 is 12.0 Å². The SMILES string of the molecule is CCOC(=O)[C@@H](N)Cc1cccc(-c2ccccc2O)c1. The lowest BCUT2D eigenvalue weighted by Gasteiger charge is -2.12. The van der Waals surface area contributed by atoms with E-state index in [-0.39, 0.29) is 5.75 Å². The minimum absolute atomic E-state index is 0.226. The van der Waals surface area contributed by atoms with Crippen molar-refractivity contribution in [2.45, 2.75) is 19.4 Å². The number of benzene rings is 2. The van der Waals surface area contributed by atoms with Gasteiger partial charge in [0.05, 0.1) is 6.61 Å².